The van der Waals surface area contributed by atoms with Gasteiger partial charge in [-0.1, -0.05) is 250 Å². The van der Waals surface area contributed by atoms with Gasteiger partial charge in [0.2, 0.25) is 5.91 Å². The molecule has 0 saturated carbocycles. The van der Waals surface area contributed by atoms with Gasteiger partial charge in [0.25, 0.3) is 0 Å². The van der Waals surface area contributed by atoms with Crippen LogP contribution in [0.1, 0.15) is 264 Å². The van der Waals surface area contributed by atoms with Crippen LogP contribution in [0.25, 0.3) is 0 Å². The molecule has 0 spiro atoms. The number of hydrogen-bond donors (Lipinski definition) is 4. The molecule has 4 N–H and O–H groups in total. The summed E-state index contributed by atoms with van der Waals surface area (Å²) in [6.45, 7) is 4.22. The standard InChI is InChI=1S/C50H97NO4/c1-3-5-7-9-11-13-15-17-19-21-22-23-24-25-26-28-29-31-33-35-37-39-41-43-47(53)45-50(55)51-48(46-52)49(54)44-42-40-38-36-34-32-30-27-20-18-16-14-12-10-8-6-4-2/h34,36,42,44,47-49,52-54H,3-33,35,37-41,43,45-46H2,1-2H3,(H,51,55)/b36-34+,44-42+. The first kappa shape index (κ1) is 53.8. The van der Waals surface area contributed by atoms with E-state index in [1.54, 1.807) is 6.08 Å². The normalized spacial score (nSPS) is 13.6. The van der Waals surface area contributed by atoms with Crippen LogP contribution in [0.2, 0.25) is 0 Å². The van der Waals surface area contributed by atoms with E-state index >= 15 is 0 Å². The second-order valence-electron chi connectivity index (χ2n) is 17.1. The Balaban J connectivity index is 3.61. The molecule has 0 aromatic heterocycles. The largest absolute Gasteiger partial charge is 0.394 e. The molecule has 0 aromatic carbocycles. The molecule has 326 valence electrons. The van der Waals surface area contributed by atoms with Crippen molar-refractivity contribution in [1.29, 1.82) is 0 Å². The third-order valence-electron chi connectivity index (χ3n) is 11.5. The minimum atomic E-state index is -0.949. The molecule has 5 nitrogen and oxygen atoms in total. The van der Waals surface area contributed by atoms with Crippen LogP contribution < -0.4 is 5.32 Å². The fraction of sp³-hybridized carbons (Fsp3) is 0.900. The van der Waals surface area contributed by atoms with E-state index in [0.717, 1.165) is 32.1 Å². The topological polar surface area (TPSA) is 89.8 Å². The summed E-state index contributed by atoms with van der Waals surface area (Å²) >= 11 is 0. The average molecular weight is 776 g/mol. The van der Waals surface area contributed by atoms with Crippen molar-refractivity contribution in [2.45, 2.75) is 283 Å². The highest BCUT2D eigenvalue weighted by Crippen LogP contribution is 2.17. The Kier molecular flexibility index (Phi) is 44.6. The molecule has 0 saturated heterocycles. The van der Waals surface area contributed by atoms with E-state index in [9.17, 15) is 20.1 Å². The lowest BCUT2D eigenvalue weighted by atomic mass is 10.0. The number of amides is 1. The molecule has 55 heavy (non-hydrogen) atoms. The van der Waals surface area contributed by atoms with Gasteiger partial charge in [-0.05, 0) is 32.1 Å². The summed E-state index contributed by atoms with van der Waals surface area (Å²) in [5.74, 6) is -0.321. The summed E-state index contributed by atoms with van der Waals surface area (Å²) in [5.41, 5.74) is 0. The number of carbonyl (C=O) groups excluding carboxylic acids is 1. The van der Waals surface area contributed by atoms with E-state index in [-0.39, 0.29) is 18.9 Å². The SMILES string of the molecule is CCCCCCCCCCCCC/C=C/CC/C=C/C(O)C(CO)NC(=O)CC(O)CCCCCCCCCCCCCCCCCCCCCCCCC. The summed E-state index contributed by atoms with van der Waals surface area (Å²) in [6.07, 6.45) is 56.3. The third-order valence-corrected chi connectivity index (χ3v) is 11.5. The summed E-state index contributed by atoms with van der Waals surface area (Å²) in [7, 11) is 0. The number of unbranched alkanes of at least 4 members (excludes halogenated alkanes) is 34. The fourth-order valence-electron chi connectivity index (χ4n) is 7.71. The van der Waals surface area contributed by atoms with Crippen LogP contribution in [0.15, 0.2) is 24.3 Å². The predicted molar refractivity (Wildman–Crippen MR) is 241 cm³/mol. The van der Waals surface area contributed by atoms with Crippen molar-refractivity contribution in [3.63, 3.8) is 0 Å². The second-order valence-corrected chi connectivity index (χ2v) is 17.1. The van der Waals surface area contributed by atoms with Gasteiger partial charge in [-0.15, -0.1) is 0 Å². The number of aliphatic hydroxyl groups is 3. The second kappa shape index (κ2) is 45.5. The highest BCUT2D eigenvalue weighted by molar-refractivity contribution is 5.76. The Morgan fingerprint density at radius 2 is 0.782 bits per heavy atom. The van der Waals surface area contributed by atoms with E-state index in [4.69, 9.17) is 0 Å². The number of carbonyl (C=O) groups is 1. The number of nitrogens with one attached hydrogen (secondary N) is 1. The summed E-state index contributed by atoms with van der Waals surface area (Å²) in [5, 5.41) is 33.3. The molecule has 0 aliphatic carbocycles. The first-order chi connectivity index (χ1) is 27.0. The Bertz CT molecular complexity index is 814. The number of aliphatic hydroxyl groups excluding tert-OH is 3. The van der Waals surface area contributed by atoms with Gasteiger partial charge in [0.15, 0.2) is 0 Å². The van der Waals surface area contributed by atoms with E-state index in [1.165, 1.54) is 205 Å². The van der Waals surface area contributed by atoms with Gasteiger partial charge in [-0.2, -0.15) is 0 Å². The monoisotopic (exact) mass is 776 g/mol. The van der Waals surface area contributed by atoms with Crippen LogP contribution in [0.5, 0.6) is 0 Å². The zero-order chi connectivity index (χ0) is 40.1. The molecule has 3 atom stereocenters. The van der Waals surface area contributed by atoms with Crippen LogP contribution in [0, 0.1) is 0 Å². The number of hydrogen-bond acceptors (Lipinski definition) is 4. The molecule has 0 radical (unpaired) electrons. The van der Waals surface area contributed by atoms with Crippen molar-refractivity contribution in [2.24, 2.45) is 0 Å². The van der Waals surface area contributed by atoms with Gasteiger partial charge in [0.05, 0.1) is 31.3 Å². The lowest BCUT2D eigenvalue weighted by Gasteiger charge is -2.21. The van der Waals surface area contributed by atoms with E-state index in [2.05, 4.69) is 31.3 Å². The van der Waals surface area contributed by atoms with Gasteiger partial charge in [0, 0.05) is 0 Å². The zero-order valence-corrected chi connectivity index (χ0v) is 37.1. The van der Waals surface area contributed by atoms with Crippen molar-refractivity contribution < 1.29 is 20.1 Å². The maximum atomic E-state index is 12.5. The first-order valence-electron chi connectivity index (χ1n) is 24.6. The lowest BCUT2D eigenvalue weighted by molar-refractivity contribution is -0.124. The van der Waals surface area contributed by atoms with Crippen LogP contribution in [0.4, 0.5) is 0 Å². The van der Waals surface area contributed by atoms with Crippen molar-refractivity contribution >= 4 is 5.91 Å². The van der Waals surface area contributed by atoms with Crippen molar-refractivity contribution in [3.8, 4) is 0 Å². The van der Waals surface area contributed by atoms with Gasteiger partial charge in [-0.3, -0.25) is 4.79 Å². The van der Waals surface area contributed by atoms with E-state index < -0.39 is 18.2 Å². The molecule has 3 unspecified atom stereocenters. The number of rotatable bonds is 45. The Hall–Kier alpha value is -1.17. The van der Waals surface area contributed by atoms with Crippen molar-refractivity contribution in [1.82, 2.24) is 5.32 Å². The van der Waals surface area contributed by atoms with Crippen molar-refractivity contribution in [2.75, 3.05) is 6.61 Å². The third kappa shape index (κ3) is 42.3. The summed E-state index contributed by atoms with van der Waals surface area (Å²) in [4.78, 5) is 12.5. The number of allylic oxidation sites excluding steroid dienone is 3. The van der Waals surface area contributed by atoms with Crippen molar-refractivity contribution in [3.05, 3.63) is 24.3 Å². The van der Waals surface area contributed by atoms with Crippen LogP contribution >= 0.6 is 0 Å². The highest BCUT2D eigenvalue weighted by Gasteiger charge is 2.20. The minimum absolute atomic E-state index is 0.0101. The molecule has 5 heteroatoms. The Labute approximate surface area is 343 Å². The van der Waals surface area contributed by atoms with E-state index in [0.29, 0.717) is 6.42 Å². The molecule has 1 amide bonds. The van der Waals surface area contributed by atoms with Crippen LogP contribution in [0.3, 0.4) is 0 Å². The zero-order valence-electron chi connectivity index (χ0n) is 37.1. The molecule has 0 heterocycles. The molecule has 0 aliphatic heterocycles. The quantitative estimate of drug-likeness (QED) is 0.0366. The molecule has 0 aliphatic rings. The van der Waals surface area contributed by atoms with E-state index in [1.807, 2.05) is 6.08 Å². The highest BCUT2D eigenvalue weighted by atomic mass is 16.3. The Morgan fingerprint density at radius 3 is 1.16 bits per heavy atom. The molecule has 0 aromatic rings. The maximum absolute atomic E-state index is 12.5. The smallest absolute Gasteiger partial charge is 0.222 e. The van der Waals surface area contributed by atoms with Gasteiger partial charge >= 0.3 is 0 Å². The van der Waals surface area contributed by atoms with Crippen LogP contribution in [-0.4, -0.2) is 46.1 Å². The Morgan fingerprint density at radius 1 is 0.455 bits per heavy atom. The van der Waals surface area contributed by atoms with Crippen LogP contribution in [-0.2, 0) is 4.79 Å². The molecular weight excluding hydrogens is 679 g/mol. The lowest BCUT2D eigenvalue weighted by Crippen LogP contribution is -2.45. The first-order valence-corrected chi connectivity index (χ1v) is 24.6. The summed E-state index contributed by atoms with van der Waals surface area (Å²) < 4.78 is 0. The molecule has 0 bridgehead atoms. The fourth-order valence-corrected chi connectivity index (χ4v) is 7.71. The molecule has 0 fully saturated rings. The summed E-state index contributed by atoms with van der Waals surface area (Å²) in [6, 6.07) is -0.758. The van der Waals surface area contributed by atoms with Gasteiger partial charge in [-0.25, -0.2) is 0 Å². The van der Waals surface area contributed by atoms with Gasteiger partial charge < -0.3 is 20.6 Å². The minimum Gasteiger partial charge on any atom is -0.394 e. The average Bonchev–Trinajstić information content (AvgIpc) is 3.18. The maximum Gasteiger partial charge on any atom is 0.222 e. The predicted octanol–water partition coefficient (Wildman–Crippen LogP) is 14.6. The van der Waals surface area contributed by atoms with Gasteiger partial charge in [0.1, 0.15) is 0 Å². The molecule has 0 rings (SSSR count). The molecular formula is C50H97NO4.